The average Bonchev–Trinajstić information content (AvgIpc) is 3.11. The minimum absolute atomic E-state index is 0.0301. The van der Waals surface area contributed by atoms with Crippen molar-refractivity contribution in [2.24, 2.45) is 11.8 Å². The molecule has 0 radical (unpaired) electrons. The van der Waals surface area contributed by atoms with Crippen LogP contribution in [0.5, 0.6) is 0 Å². The van der Waals surface area contributed by atoms with Gasteiger partial charge in [0.05, 0.1) is 0 Å². The fourth-order valence-corrected chi connectivity index (χ4v) is 4.03. The summed E-state index contributed by atoms with van der Waals surface area (Å²) in [6, 6.07) is 4.48. The van der Waals surface area contributed by atoms with Gasteiger partial charge in [0, 0.05) is 28.3 Å². The Morgan fingerprint density at radius 3 is 2.76 bits per heavy atom. The third-order valence-electron chi connectivity index (χ3n) is 4.44. The van der Waals surface area contributed by atoms with Gasteiger partial charge in [0.1, 0.15) is 11.6 Å². The minimum atomic E-state index is -0.360. The number of ketones is 1. The van der Waals surface area contributed by atoms with E-state index in [1.807, 2.05) is 0 Å². The maximum absolute atomic E-state index is 13.4. The van der Waals surface area contributed by atoms with E-state index in [9.17, 15) is 9.18 Å². The Kier molecular flexibility index (Phi) is 2.96. The van der Waals surface area contributed by atoms with Crippen molar-refractivity contribution in [1.29, 1.82) is 0 Å². The van der Waals surface area contributed by atoms with Crippen molar-refractivity contribution in [3.05, 3.63) is 34.4 Å². The molecular formula is C15H12BrFN2O2. The van der Waals surface area contributed by atoms with Crippen LogP contribution in [0.15, 0.2) is 27.2 Å². The fraction of sp³-hybridized carbons (Fsp3) is 0.400. The van der Waals surface area contributed by atoms with Crippen LogP contribution in [-0.4, -0.2) is 15.9 Å². The number of fused-ring (bicyclic) bond motifs is 2. The van der Waals surface area contributed by atoms with Crippen LogP contribution in [0.4, 0.5) is 4.39 Å². The van der Waals surface area contributed by atoms with E-state index in [2.05, 4.69) is 26.1 Å². The zero-order chi connectivity index (χ0) is 14.6. The second-order valence-corrected chi connectivity index (χ2v) is 6.75. The molecule has 4 rings (SSSR count). The smallest absolute Gasteiger partial charge is 0.230 e. The molecule has 0 saturated heterocycles. The highest BCUT2D eigenvalue weighted by atomic mass is 79.9. The predicted octanol–water partition coefficient (Wildman–Crippen LogP) is 3.72. The summed E-state index contributed by atoms with van der Waals surface area (Å²) in [6.07, 6.45) is 2.57. The van der Waals surface area contributed by atoms with E-state index in [4.69, 9.17) is 4.52 Å². The molecule has 108 valence electrons. The van der Waals surface area contributed by atoms with Crippen molar-refractivity contribution in [3.8, 4) is 11.4 Å². The van der Waals surface area contributed by atoms with Crippen molar-refractivity contribution in [2.45, 2.75) is 25.2 Å². The standard InChI is InChI=1S/C15H12BrFN2O2/c16-9-4-8(5-10(17)6-9)14-18-15(21-19-14)12-2-7-1-11(12)13(20)3-7/h4-7,11-12H,1-3H2/t7-,11+,12?/m1/s1. The van der Waals surface area contributed by atoms with Gasteiger partial charge in [0.15, 0.2) is 0 Å². The van der Waals surface area contributed by atoms with Gasteiger partial charge in [0.2, 0.25) is 11.7 Å². The first-order chi connectivity index (χ1) is 10.1. The Hall–Kier alpha value is -1.56. The van der Waals surface area contributed by atoms with Gasteiger partial charge < -0.3 is 4.52 Å². The van der Waals surface area contributed by atoms with Gasteiger partial charge in [-0.3, -0.25) is 4.79 Å². The number of carbonyl (C=O) groups is 1. The van der Waals surface area contributed by atoms with Crippen molar-refractivity contribution in [2.75, 3.05) is 0 Å². The molecule has 21 heavy (non-hydrogen) atoms. The number of rotatable bonds is 2. The van der Waals surface area contributed by atoms with Gasteiger partial charge >= 0.3 is 0 Å². The molecule has 2 aliphatic rings. The van der Waals surface area contributed by atoms with E-state index in [0.29, 0.717) is 39.9 Å². The highest BCUT2D eigenvalue weighted by Gasteiger charge is 2.48. The lowest BCUT2D eigenvalue weighted by atomic mass is 9.88. The second-order valence-electron chi connectivity index (χ2n) is 5.84. The Balaban J connectivity index is 1.66. The summed E-state index contributed by atoms with van der Waals surface area (Å²) in [5.74, 6) is 1.35. The molecule has 2 aliphatic carbocycles. The van der Waals surface area contributed by atoms with Crippen LogP contribution in [0.3, 0.4) is 0 Å². The SMILES string of the molecule is O=C1C[C@H]2CC(c3nc(-c4cc(F)cc(Br)c4)no3)[C@@H]1C2. The largest absolute Gasteiger partial charge is 0.339 e. The normalized spacial score (nSPS) is 27.5. The van der Waals surface area contributed by atoms with Gasteiger partial charge in [-0.25, -0.2) is 4.39 Å². The average molecular weight is 351 g/mol. The van der Waals surface area contributed by atoms with Crippen molar-refractivity contribution in [3.63, 3.8) is 0 Å². The lowest BCUT2D eigenvalue weighted by Gasteiger charge is -2.16. The van der Waals surface area contributed by atoms with E-state index in [-0.39, 0.29) is 17.7 Å². The number of hydrogen-bond acceptors (Lipinski definition) is 4. The molecular weight excluding hydrogens is 339 g/mol. The van der Waals surface area contributed by atoms with E-state index < -0.39 is 0 Å². The molecule has 1 unspecified atom stereocenters. The number of hydrogen-bond donors (Lipinski definition) is 0. The fourth-order valence-electron chi connectivity index (χ4n) is 3.56. The summed E-state index contributed by atoms with van der Waals surface area (Å²) in [4.78, 5) is 16.2. The lowest BCUT2D eigenvalue weighted by Crippen LogP contribution is -2.18. The summed E-state index contributed by atoms with van der Waals surface area (Å²) in [5, 5.41) is 3.94. The Bertz CT molecular complexity index is 710. The first-order valence-electron chi connectivity index (χ1n) is 6.93. The molecule has 0 aliphatic heterocycles. The Morgan fingerprint density at radius 2 is 2.05 bits per heavy atom. The third kappa shape index (κ3) is 2.21. The van der Waals surface area contributed by atoms with Gasteiger partial charge in [-0.1, -0.05) is 21.1 Å². The number of aromatic nitrogens is 2. The van der Waals surface area contributed by atoms with E-state index >= 15 is 0 Å². The van der Waals surface area contributed by atoms with Crippen molar-refractivity contribution >= 4 is 21.7 Å². The third-order valence-corrected chi connectivity index (χ3v) is 4.90. The highest BCUT2D eigenvalue weighted by molar-refractivity contribution is 9.10. The first kappa shape index (κ1) is 13.1. The summed E-state index contributed by atoms with van der Waals surface area (Å²) >= 11 is 3.25. The summed E-state index contributed by atoms with van der Waals surface area (Å²) < 4.78 is 19.4. The number of nitrogens with zero attached hydrogens (tertiary/aromatic N) is 2. The quantitative estimate of drug-likeness (QED) is 0.828. The van der Waals surface area contributed by atoms with Gasteiger partial charge in [-0.2, -0.15) is 4.98 Å². The molecule has 1 aromatic carbocycles. The highest BCUT2D eigenvalue weighted by Crippen LogP contribution is 2.50. The van der Waals surface area contributed by atoms with Gasteiger partial charge in [-0.05, 0) is 37.0 Å². The van der Waals surface area contributed by atoms with E-state index in [0.717, 1.165) is 12.8 Å². The molecule has 0 amide bonds. The maximum atomic E-state index is 13.4. The summed E-state index contributed by atoms with van der Waals surface area (Å²) in [6.45, 7) is 0. The summed E-state index contributed by atoms with van der Waals surface area (Å²) in [5.41, 5.74) is 0.561. The van der Waals surface area contributed by atoms with Crippen LogP contribution in [-0.2, 0) is 4.79 Å². The van der Waals surface area contributed by atoms with Crippen LogP contribution in [0.2, 0.25) is 0 Å². The zero-order valence-corrected chi connectivity index (χ0v) is 12.6. The van der Waals surface area contributed by atoms with Crippen LogP contribution >= 0.6 is 15.9 Å². The molecule has 4 nitrogen and oxygen atoms in total. The Labute approximate surface area is 128 Å². The molecule has 6 heteroatoms. The first-order valence-corrected chi connectivity index (χ1v) is 7.72. The topological polar surface area (TPSA) is 56.0 Å². The maximum Gasteiger partial charge on any atom is 0.230 e. The number of Topliss-reactive ketones (excluding diaryl/α,β-unsaturated/α-hetero) is 1. The molecule has 1 aromatic heterocycles. The summed E-state index contributed by atoms with van der Waals surface area (Å²) in [7, 11) is 0. The molecule has 3 atom stereocenters. The Morgan fingerprint density at radius 1 is 1.24 bits per heavy atom. The number of halogens is 2. The van der Waals surface area contributed by atoms with Crippen LogP contribution in [0.1, 0.15) is 31.1 Å². The molecule has 1 heterocycles. The molecule has 0 spiro atoms. The number of benzene rings is 1. The van der Waals surface area contributed by atoms with Gasteiger partial charge in [-0.15, -0.1) is 0 Å². The van der Waals surface area contributed by atoms with E-state index in [1.165, 1.54) is 12.1 Å². The number of carbonyl (C=O) groups excluding carboxylic acids is 1. The second kappa shape index (κ2) is 4.73. The van der Waals surface area contributed by atoms with Crippen LogP contribution in [0, 0.1) is 17.7 Å². The lowest BCUT2D eigenvalue weighted by molar-refractivity contribution is -0.122. The van der Waals surface area contributed by atoms with E-state index in [1.54, 1.807) is 6.07 Å². The predicted molar refractivity (Wildman–Crippen MR) is 76.0 cm³/mol. The monoisotopic (exact) mass is 350 g/mol. The van der Waals surface area contributed by atoms with Gasteiger partial charge in [0.25, 0.3) is 0 Å². The van der Waals surface area contributed by atoms with Crippen LogP contribution in [0.25, 0.3) is 11.4 Å². The molecule has 0 N–H and O–H groups in total. The van der Waals surface area contributed by atoms with Crippen molar-refractivity contribution < 1.29 is 13.7 Å². The molecule has 2 saturated carbocycles. The van der Waals surface area contributed by atoms with Crippen molar-refractivity contribution in [1.82, 2.24) is 10.1 Å². The molecule has 2 fully saturated rings. The van der Waals surface area contributed by atoms with Crippen LogP contribution < -0.4 is 0 Å². The minimum Gasteiger partial charge on any atom is -0.339 e. The molecule has 2 aromatic rings. The molecule has 2 bridgehead atoms. The zero-order valence-electron chi connectivity index (χ0n) is 11.1.